The first kappa shape index (κ1) is 20.5. The van der Waals surface area contributed by atoms with Crippen molar-refractivity contribution in [1.82, 2.24) is 19.9 Å². The molecule has 1 amide bonds. The van der Waals surface area contributed by atoms with Crippen LogP contribution in [0, 0.1) is 18.6 Å². The van der Waals surface area contributed by atoms with Crippen LogP contribution in [0.2, 0.25) is 0 Å². The van der Waals surface area contributed by atoms with Crippen LogP contribution in [0.25, 0.3) is 11.4 Å². The SMILES string of the molecule is Cc1nc(-c2ccncn2)c(C(=O)N2CCC(O)(Cc3ccc(F)c(F)c3)CC2)s1. The summed E-state index contributed by atoms with van der Waals surface area (Å²) < 4.78 is 26.6. The summed E-state index contributed by atoms with van der Waals surface area (Å²) in [5, 5.41) is 11.7. The van der Waals surface area contributed by atoms with Gasteiger partial charge in [0.1, 0.15) is 16.9 Å². The average Bonchev–Trinajstić information content (AvgIpc) is 3.13. The molecular weight excluding hydrogens is 410 g/mol. The van der Waals surface area contributed by atoms with E-state index in [0.29, 0.717) is 47.8 Å². The topological polar surface area (TPSA) is 79.2 Å². The third-order valence-electron chi connectivity index (χ3n) is 5.25. The van der Waals surface area contributed by atoms with Gasteiger partial charge in [0.25, 0.3) is 5.91 Å². The second-order valence-corrected chi connectivity index (χ2v) is 8.65. The number of aryl methyl sites for hydroxylation is 1. The normalized spacial score (nSPS) is 15.9. The third-order valence-corrected chi connectivity index (χ3v) is 6.21. The van der Waals surface area contributed by atoms with E-state index in [1.54, 1.807) is 17.2 Å². The van der Waals surface area contributed by atoms with Crippen molar-refractivity contribution in [2.24, 2.45) is 0 Å². The quantitative estimate of drug-likeness (QED) is 0.686. The van der Waals surface area contributed by atoms with Gasteiger partial charge in [-0.25, -0.2) is 23.7 Å². The number of rotatable bonds is 4. The molecule has 0 aliphatic carbocycles. The van der Waals surface area contributed by atoms with E-state index in [2.05, 4.69) is 15.0 Å². The summed E-state index contributed by atoms with van der Waals surface area (Å²) >= 11 is 1.31. The Kier molecular flexibility index (Phi) is 5.57. The first-order valence-electron chi connectivity index (χ1n) is 9.54. The van der Waals surface area contributed by atoms with Crippen molar-refractivity contribution >= 4 is 17.2 Å². The smallest absolute Gasteiger partial charge is 0.266 e. The standard InChI is InChI=1S/C21H20F2N4O2S/c1-13-26-18(17-4-7-24-12-25-17)19(30-13)20(28)27-8-5-21(29,6-9-27)11-14-2-3-15(22)16(23)10-14/h2-4,7,10,12,29H,5-6,8-9,11H2,1H3. The van der Waals surface area contributed by atoms with Crippen molar-refractivity contribution in [3.8, 4) is 11.4 Å². The summed E-state index contributed by atoms with van der Waals surface area (Å²) in [7, 11) is 0. The highest BCUT2D eigenvalue weighted by molar-refractivity contribution is 7.14. The Bertz CT molecular complexity index is 1070. The van der Waals surface area contributed by atoms with Gasteiger partial charge in [0, 0.05) is 25.7 Å². The monoisotopic (exact) mass is 430 g/mol. The molecule has 1 N–H and O–H groups in total. The van der Waals surface area contributed by atoms with Crippen LogP contribution in [-0.4, -0.2) is 49.6 Å². The first-order chi connectivity index (χ1) is 14.3. The molecule has 1 aliphatic heterocycles. The van der Waals surface area contributed by atoms with E-state index in [1.807, 2.05) is 6.92 Å². The van der Waals surface area contributed by atoms with Crippen molar-refractivity contribution in [2.75, 3.05) is 13.1 Å². The number of hydrogen-bond acceptors (Lipinski definition) is 6. The number of carbonyl (C=O) groups is 1. The maximum absolute atomic E-state index is 13.5. The fraction of sp³-hybridized carbons (Fsp3) is 0.333. The lowest BCUT2D eigenvalue weighted by Gasteiger charge is -2.38. The fourth-order valence-corrected chi connectivity index (χ4v) is 4.55. The molecule has 2 aromatic heterocycles. The highest BCUT2D eigenvalue weighted by atomic mass is 32.1. The number of halogens is 2. The van der Waals surface area contributed by atoms with Gasteiger partial charge in [-0.3, -0.25) is 4.79 Å². The summed E-state index contributed by atoms with van der Waals surface area (Å²) in [5.74, 6) is -1.99. The number of likely N-dealkylation sites (tertiary alicyclic amines) is 1. The van der Waals surface area contributed by atoms with E-state index in [4.69, 9.17) is 0 Å². The van der Waals surface area contributed by atoms with E-state index in [1.165, 1.54) is 23.7 Å². The Labute approximate surface area is 176 Å². The van der Waals surface area contributed by atoms with Gasteiger partial charge in [-0.2, -0.15) is 0 Å². The van der Waals surface area contributed by atoms with Crippen LogP contribution in [0.5, 0.6) is 0 Å². The molecule has 1 aliphatic rings. The number of thiazole rings is 1. The molecule has 1 saturated heterocycles. The van der Waals surface area contributed by atoms with E-state index in [-0.39, 0.29) is 12.3 Å². The third kappa shape index (κ3) is 4.22. The number of piperidine rings is 1. The van der Waals surface area contributed by atoms with Gasteiger partial charge in [0.2, 0.25) is 0 Å². The zero-order valence-electron chi connectivity index (χ0n) is 16.3. The molecule has 0 atom stereocenters. The molecule has 1 fully saturated rings. The molecule has 1 aromatic carbocycles. The molecule has 6 nitrogen and oxygen atoms in total. The lowest BCUT2D eigenvalue weighted by atomic mass is 9.85. The maximum atomic E-state index is 13.5. The minimum Gasteiger partial charge on any atom is -0.389 e. The van der Waals surface area contributed by atoms with Gasteiger partial charge in [-0.1, -0.05) is 6.07 Å². The summed E-state index contributed by atoms with van der Waals surface area (Å²) in [4.78, 5) is 27.9. The van der Waals surface area contributed by atoms with E-state index < -0.39 is 17.2 Å². The number of hydrogen-bond donors (Lipinski definition) is 1. The summed E-state index contributed by atoms with van der Waals surface area (Å²) in [6.07, 6.45) is 3.91. The average molecular weight is 430 g/mol. The van der Waals surface area contributed by atoms with E-state index >= 15 is 0 Å². The molecule has 156 valence electrons. The van der Waals surface area contributed by atoms with Crippen molar-refractivity contribution in [3.63, 3.8) is 0 Å². The van der Waals surface area contributed by atoms with Crippen LogP contribution < -0.4 is 0 Å². The Hall–Kier alpha value is -2.78. The van der Waals surface area contributed by atoms with Crippen LogP contribution in [0.4, 0.5) is 8.78 Å². The number of aromatic nitrogens is 3. The van der Waals surface area contributed by atoms with Gasteiger partial charge >= 0.3 is 0 Å². The second-order valence-electron chi connectivity index (χ2n) is 7.45. The number of amides is 1. The van der Waals surface area contributed by atoms with Crippen LogP contribution in [0.15, 0.2) is 36.8 Å². The van der Waals surface area contributed by atoms with Gasteiger partial charge in [-0.15, -0.1) is 11.3 Å². The Morgan fingerprint density at radius 1 is 1.23 bits per heavy atom. The van der Waals surface area contributed by atoms with Crippen LogP contribution in [0.1, 0.15) is 33.1 Å². The lowest BCUT2D eigenvalue weighted by molar-refractivity contribution is -0.0161. The van der Waals surface area contributed by atoms with Crippen molar-refractivity contribution < 1.29 is 18.7 Å². The highest BCUT2D eigenvalue weighted by Gasteiger charge is 2.35. The number of aliphatic hydroxyl groups is 1. The molecule has 0 unspecified atom stereocenters. The Morgan fingerprint density at radius 3 is 2.67 bits per heavy atom. The molecule has 4 rings (SSSR count). The van der Waals surface area contributed by atoms with Crippen LogP contribution >= 0.6 is 11.3 Å². The van der Waals surface area contributed by atoms with Crippen molar-refractivity contribution in [2.45, 2.75) is 31.8 Å². The van der Waals surface area contributed by atoms with Gasteiger partial charge in [-0.05, 0) is 43.5 Å². The fourth-order valence-electron chi connectivity index (χ4n) is 3.65. The zero-order chi connectivity index (χ0) is 21.3. The minimum atomic E-state index is -1.07. The van der Waals surface area contributed by atoms with Crippen LogP contribution in [0.3, 0.4) is 0 Å². The minimum absolute atomic E-state index is 0.149. The zero-order valence-corrected chi connectivity index (χ0v) is 17.1. The molecule has 0 saturated carbocycles. The summed E-state index contributed by atoms with van der Waals surface area (Å²) in [5.41, 5.74) is 0.581. The molecule has 9 heteroatoms. The highest BCUT2D eigenvalue weighted by Crippen LogP contribution is 2.31. The Balaban J connectivity index is 1.47. The molecule has 0 bridgehead atoms. The van der Waals surface area contributed by atoms with Gasteiger partial charge in [0.05, 0.1) is 16.3 Å². The van der Waals surface area contributed by atoms with Crippen molar-refractivity contribution in [3.05, 3.63) is 63.9 Å². The maximum Gasteiger partial charge on any atom is 0.266 e. The predicted molar refractivity (Wildman–Crippen MR) is 108 cm³/mol. The predicted octanol–water partition coefficient (Wildman–Crippen LogP) is 3.40. The number of benzene rings is 1. The van der Waals surface area contributed by atoms with Crippen LogP contribution in [-0.2, 0) is 6.42 Å². The molecule has 3 heterocycles. The summed E-state index contributed by atoms with van der Waals surface area (Å²) in [6.45, 7) is 2.56. The molecule has 0 spiro atoms. The number of carbonyl (C=O) groups excluding carboxylic acids is 1. The molecule has 0 radical (unpaired) electrons. The molecular formula is C21H20F2N4O2S. The molecule has 3 aromatic rings. The Morgan fingerprint density at radius 2 is 2.00 bits per heavy atom. The first-order valence-corrected chi connectivity index (χ1v) is 10.4. The lowest BCUT2D eigenvalue weighted by Crippen LogP contribution is -2.47. The summed E-state index contributed by atoms with van der Waals surface area (Å²) in [6, 6.07) is 5.36. The van der Waals surface area contributed by atoms with Gasteiger partial charge < -0.3 is 10.0 Å². The largest absolute Gasteiger partial charge is 0.389 e. The second kappa shape index (κ2) is 8.16. The molecule has 30 heavy (non-hydrogen) atoms. The van der Waals surface area contributed by atoms with E-state index in [9.17, 15) is 18.7 Å². The van der Waals surface area contributed by atoms with Crippen molar-refractivity contribution in [1.29, 1.82) is 0 Å². The van der Waals surface area contributed by atoms with E-state index in [0.717, 1.165) is 17.1 Å². The van der Waals surface area contributed by atoms with Gasteiger partial charge in [0.15, 0.2) is 11.6 Å². The number of nitrogens with zero attached hydrogens (tertiary/aromatic N) is 4.